The molecule has 3 rings (SSSR count). The first-order valence-corrected chi connectivity index (χ1v) is 7.37. The molecule has 1 aromatic heterocycles. The zero-order valence-electron chi connectivity index (χ0n) is 12.2. The topological polar surface area (TPSA) is 60.5 Å². The van der Waals surface area contributed by atoms with E-state index in [9.17, 15) is 4.79 Å². The predicted molar refractivity (Wildman–Crippen MR) is 83.1 cm³/mol. The zero-order valence-corrected chi connectivity index (χ0v) is 12.2. The Labute approximate surface area is 129 Å². The fourth-order valence-electron chi connectivity index (χ4n) is 2.33. The minimum absolute atomic E-state index is 0.175. The largest absolute Gasteiger partial charge is 0.491 e. The second-order valence-electron chi connectivity index (χ2n) is 5.17. The number of nitrogens with zero attached hydrogens (tertiary/aromatic N) is 1. The molecule has 1 unspecified atom stereocenters. The van der Waals surface area contributed by atoms with Gasteiger partial charge in [0.15, 0.2) is 0 Å². The SMILES string of the molecule is O=C(Nc1cccc(OCC2CCCO2)c1)c1cccnc1. The average molecular weight is 298 g/mol. The molecular formula is C17H18N2O3. The predicted octanol–water partition coefficient (Wildman–Crippen LogP) is 2.89. The minimum Gasteiger partial charge on any atom is -0.491 e. The molecule has 1 amide bonds. The lowest BCUT2D eigenvalue weighted by Gasteiger charge is -2.12. The molecule has 1 saturated heterocycles. The first kappa shape index (κ1) is 14.5. The highest BCUT2D eigenvalue weighted by Gasteiger charge is 2.16. The molecule has 1 N–H and O–H groups in total. The third kappa shape index (κ3) is 3.83. The van der Waals surface area contributed by atoms with Crippen molar-refractivity contribution in [2.24, 2.45) is 0 Å². The van der Waals surface area contributed by atoms with Gasteiger partial charge >= 0.3 is 0 Å². The number of carbonyl (C=O) groups excluding carboxylic acids is 1. The van der Waals surface area contributed by atoms with Crippen LogP contribution in [0.5, 0.6) is 5.75 Å². The highest BCUT2D eigenvalue weighted by Crippen LogP contribution is 2.20. The Hall–Kier alpha value is -2.40. The number of rotatable bonds is 5. The van der Waals surface area contributed by atoms with Crippen LogP contribution in [-0.4, -0.2) is 30.2 Å². The summed E-state index contributed by atoms with van der Waals surface area (Å²) in [4.78, 5) is 16.0. The first-order valence-electron chi connectivity index (χ1n) is 7.37. The Morgan fingerprint density at radius 2 is 2.32 bits per heavy atom. The summed E-state index contributed by atoms with van der Waals surface area (Å²) in [6, 6.07) is 10.8. The number of benzene rings is 1. The van der Waals surface area contributed by atoms with Crippen LogP contribution in [0.4, 0.5) is 5.69 Å². The lowest BCUT2D eigenvalue weighted by molar-refractivity contribution is 0.0680. The lowest BCUT2D eigenvalue weighted by atomic mass is 10.2. The van der Waals surface area contributed by atoms with Gasteiger partial charge in [0, 0.05) is 30.8 Å². The van der Waals surface area contributed by atoms with Gasteiger partial charge in [0.25, 0.3) is 5.91 Å². The molecule has 5 heteroatoms. The van der Waals surface area contributed by atoms with Crippen LogP contribution in [0, 0.1) is 0 Å². The molecule has 0 spiro atoms. The number of amides is 1. The summed E-state index contributed by atoms with van der Waals surface area (Å²) in [6.45, 7) is 1.36. The quantitative estimate of drug-likeness (QED) is 0.922. The highest BCUT2D eigenvalue weighted by atomic mass is 16.5. The van der Waals surface area contributed by atoms with Crippen LogP contribution in [0.25, 0.3) is 0 Å². The summed E-state index contributed by atoms with van der Waals surface area (Å²) in [7, 11) is 0. The molecule has 0 radical (unpaired) electrons. The zero-order chi connectivity index (χ0) is 15.2. The molecular weight excluding hydrogens is 280 g/mol. The number of carbonyl (C=O) groups is 1. The fourth-order valence-corrected chi connectivity index (χ4v) is 2.33. The monoisotopic (exact) mass is 298 g/mol. The van der Waals surface area contributed by atoms with Crippen molar-refractivity contribution in [1.82, 2.24) is 4.98 Å². The molecule has 1 atom stereocenters. The highest BCUT2D eigenvalue weighted by molar-refractivity contribution is 6.04. The van der Waals surface area contributed by atoms with Crippen LogP contribution < -0.4 is 10.1 Å². The maximum atomic E-state index is 12.1. The molecule has 2 heterocycles. The van der Waals surface area contributed by atoms with E-state index in [4.69, 9.17) is 9.47 Å². The van der Waals surface area contributed by atoms with Gasteiger partial charge in [-0.15, -0.1) is 0 Å². The van der Waals surface area contributed by atoms with Gasteiger partial charge in [-0.05, 0) is 37.1 Å². The van der Waals surface area contributed by atoms with Gasteiger partial charge in [-0.1, -0.05) is 6.07 Å². The Kier molecular flexibility index (Phi) is 4.65. The number of hydrogen-bond acceptors (Lipinski definition) is 4. The number of anilines is 1. The fraction of sp³-hybridized carbons (Fsp3) is 0.294. The van der Waals surface area contributed by atoms with Crippen molar-refractivity contribution >= 4 is 11.6 Å². The van der Waals surface area contributed by atoms with Crippen molar-refractivity contribution < 1.29 is 14.3 Å². The Morgan fingerprint density at radius 3 is 3.09 bits per heavy atom. The number of ether oxygens (including phenoxy) is 2. The molecule has 0 bridgehead atoms. The Bertz CT molecular complexity index is 625. The van der Waals surface area contributed by atoms with E-state index >= 15 is 0 Å². The molecule has 1 aliphatic heterocycles. The van der Waals surface area contributed by atoms with E-state index in [-0.39, 0.29) is 12.0 Å². The number of pyridine rings is 1. The lowest BCUT2D eigenvalue weighted by Crippen LogP contribution is -2.16. The smallest absolute Gasteiger partial charge is 0.257 e. The normalized spacial score (nSPS) is 17.2. The van der Waals surface area contributed by atoms with Gasteiger partial charge in [-0.25, -0.2) is 0 Å². The van der Waals surface area contributed by atoms with Crippen molar-refractivity contribution in [3.8, 4) is 5.75 Å². The third-order valence-corrected chi connectivity index (χ3v) is 3.48. The van der Waals surface area contributed by atoms with E-state index in [1.807, 2.05) is 24.3 Å². The third-order valence-electron chi connectivity index (χ3n) is 3.48. The van der Waals surface area contributed by atoms with Crippen molar-refractivity contribution in [2.75, 3.05) is 18.5 Å². The number of hydrogen-bond donors (Lipinski definition) is 1. The number of aromatic nitrogens is 1. The summed E-state index contributed by atoms with van der Waals surface area (Å²) in [5.74, 6) is 0.531. The Balaban J connectivity index is 1.59. The molecule has 1 aliphatic rings. The van der Waals surface area contributed by atoms with Crippen LogP contribution in [0.15, 0.2) is 48.8 Å². The van der Waals surface area contributed by atoms with Crippen molar-refractivity contribution in [1.29, 1.82) is 0 Å². The standard InChI is InChI=1S/C17H18N2O3/c20-17(13-4-2-8-18-11-13)19-14-5-1-6-15(10-14)22-12-16-7-3-9-21-16/h1-2,4-6,8,10-11,16H,3,7,9,12H2,(H,19,20). The van der Waals surface area contributed by atoms with Crippen LogP contribution in [-0.2, 0) is 4.74 Å². The second kappa shape index (κ2) is 7.04. The van der Waals surface area contributed by atoms with Crippen molar-refractivity contribution in [2.45, 2.75) is 18.9 Å². The molecule has 1 aromatic carbocycles. The van der Waals surface area contributed by atoms with Gasteiger partial charge in [-0.2, -0.15) is 0 Å². The summed E-state index contributed by atoms with van der Waals surface area (Å²) in [5.41, 5.74) is 1.21. The second-order valence-corrected chi connectivity index (χ2v) is 5.17. The molecule has 2 aromatic rings. The maximum Gasteiger partial charge on any atom is 0.257 e. The van der Waals surface area contributed by atoms with Gasteiger partial charge in [0.1, 0.15) is 12.4 Å². The van der Waals surface area contributed by atoms with E-state index in [0.717, 1.165) is 25.2 Å². The molecule has 0 aliphatic carbocycles. The summed E-state index contributed by atoms with van der Waals surface area (Å²) < 4.78 is 11.3. The van der Waals surface area contributed by atoms with E-state index < -0.39 is 0 Å². The summed E-state index contributed by atoms with van der Waals surface area (Å²) in [5, 5.41) is 2.84. The van der Waals surface area contributed by atoms with E-state index in [0.29, 0.717) is 17.9 Å². The molecule has 1 fully saturated rings. The minimum atomic E-state index is -0.190. The molecule has 0 saturated carbocycles. The molecule has 5 nitrogen and oxygen atoms in total. The molecule has 114 valence electrons. The average Bonchev–Trinajstić information content (AvgIpc) is 3.08. The van der Waals surface area contributed by atoms with Gasteiger partial charge < -0.3 is 14.8 Å². The van der Waals surface area contributed by atoms with E-state index in [1.54, 1.807) is 18.3 Å². The van der Waals surface area contributed by atoms with Crippen molar-refractivity contribution in [3.05, 3.63) is 54.4 Å². The van der Waals surface area contributed by atoms with Crippen LogP contribution in [0.1, 0.15) is 23.2 Å². The van der Waals surface area contributed by atoms with Crippen LogP contribution >= 0.6 is 0 Å². The molecule has 22 heavy (non-hydrogen) atoms. The number of nitrogens with one attached hydrogen (secondary N) is 1. The van der Waals surface area contributed by atoms with E-state index in [1.165, 1.54) is 6.20 Å². The van der Waals surface area contributed by atoms with Crippen molar-refractivity contribution in [3.63, 3.8) is 0 Å². The Morgan fingerprint density at radius 1 is 1.36 bits per heavy atom. The van der Waals surface area contributed by atoms with Crippen LogP contribution in [0.3, 0.4) is 0 Å². The van der Waals surface area contributed by atoms with Gasteiger partial charge in [0.2, 0.25) is 0 Å². The van der Waals surface area contributed by atoms with Crippen LogP contribution in [0.2, 0.25) is 0 Å². The summed E-state index contributed by atoms with van der Waals surface area (Å²) >= 11 is 0. The van der Waals surface area contributed by atoms with Gasteiger partial charge in [0.05, 0.1) is 11.7 Å². The first-order chi connectivity index (χ1) is 10.8. The van der Waals surface area contributed by atoms with Gasteiger partial charge in [-0.3, -0.25) is 9.78 Å². The van der Waals surface area contributed by atoms with E-state index in [2.05, 4.69) is 10.3 Å². The summed E-state index contributed by atoms with van der Waals surface area (Å²) in [6.07, 6.45) is 5.48. The maximum absolute atomic E-state index is 12.1.